The van der Waals surface area contributed by atoms with E-state index in [4.69, 9.17) is 4.74 Å². The fourth-order valence-corrected chi connectivity index (χ4v) is 4.40. The van der Waals surface area contributed by atoms with E-state index in [2.05, 4.69) is 5.32 Å². The maximum absolute atomic E-state index is 12.4. The van der Waals surface area contributed by atoms with E-state index in [1.807, 2.05) is 30.1 Å². The number of amides is 4. The predicted molar refractivity (Wildman–Crippen MR) is 120 cm³/mol. The Balaban J connectivity index is 1.66. The van der Waals surface area contributed by atoms with Gasteiger partial charge in [-0.2, -0.15) is 0 Å². The molecule has 174 valence electrons. The van der Waals surface area contributed by atoms with Gasteiger partial charge in [0.05, 0.1) is 17.5 Å². The first-order chi connectivity index (χ1) is 15.4. The predicted octanol–water partition coefficient (Wildman–Crippen LogP) is 1.09. The molecule has 1 N–H and O–H groups in total. The minimum absolute atomic E-state index is 0.174. The third-order valence-electron chi connectivity index (χ3n) is 6.24. The fraction of sp³-hybridized carbons (Fsp3) is 0.565. The molecule has 0 saturated carbocycles. The van der Waals surface area contributed by atoms with Crippen LogP contribution in [0.15, 0.2) is 18.2 Å². The zero-order chi connectivity index (χ0) is 23.1. The summed E-state index contributed by atoms with van der Waals surface area (Å²) in [5.74, 6) is -0.571. The molecule has 2 heterocycles. The zero-order valence-electron chi connectivity index (χ0n) is 18.8. The van der Waals surface area contributed by atoms with Gasteiger partial charge in [-0.15, -0.1) is 0 Å². The quantitative estimate of drug-likeness (QED) is 0.330. The number of rotatable bonds is 10. The Morgan fingerprint density at radius 1 is 1.16 bits per heavy atom. The number of nitrogens with one attached hydrogen (secondary N) is 1. The molecule has 1 aromatic rings. The summed E-state index contributed by atoms with van der Waals surface area (Å²) in [5.41, 5.74) is 2.53. The van der Waals surface area contributed by atoms with Gasteiger partial charge in [-0.25, -0.2) is 0 Å². The second-order valence-corrected chi connectivity index (χ2v) is 8.39. The summed E-state index contributed by atoms with van der Waals surface area (Å²) in [7, 11) is 3.51. The molecule has 0 bridgehead atoms. The normalized spacial score (nSPS) is 19.4. The number of likely N-dealkylation sites (tertiary alicyclic amines) is 1. The maximum atomic E-state index is 12.4. The summed E-state index contributed by atoms with van der Waals surface area (Å²) in [6.45, 7) is 2.07. The van der Waals surface area contributed by atoms with Crippen molar-refractivity contribution < 1.29 is 23.9 Å². The zero-order valence-corrected chi connectivity index (χ0v) is 18.8. The Morgan fingerprint density at radius 2 is 1.91 bits per heavy atom. The molecule has 0 aromatic heterocycles. The number of carbonyl (C=O) groups excluding carboxylic acids is 4. The van der Waals surface area contributed by atoms with Crippen LogP contribution in [0.5, 0.6) is 0 Å². The van der Waals surface area contributed by atoms with E-state index in [1.54, 1.807) is 11.9 Å². The van der Waals surface area contributed by atoms with Crippen LogP contribution < -0.4 is 15.1 Å². The number of ether oxygens (including phenoxy) is 1. The van der Waals surface area contributed by atoms with Crippen LogP contribution in [0.25, 0.3) is 0 Å². The third kappa shape index (κ3) is 5.64. The van der Waals surface area contributed by atoms with Gasteiger partial charge in [0.1, 0.15) is 6.04 Å². The van der Waals surface area contributed by atoms with Gasteiger partial charge in [-0.05, 0) is 43.7 Å². The summed E-state index contributed by atoms with van der Waals surface area (Å²) in [5, 5.41) is 2.40. The maximum Gasteiger partial charge on any atom is 0.249 e. The van der Waals surface area contributed by atoms with Gasteiger partial charge in [0.2, 0.25) is 24.6 Å². The number of nitrogens with zero attached hydrogens (tertiary/aromatic N) is 3. The van der Waals surface area contributed by atoms with Crippen LogP contribution in [-0.4, -0.2) is 75.5 Å². The summed E-state index contributed by atoms with van der Waals surface area (Å²) >= 11 is 0. The van der Waals surface area contributed by atoms with E-state index in [-0.39, 0.29) is 17.9 Å². The largest absolute Gasteiger partial charge is 0.378 e. The highest BCUT2D eigenvalue weighted by molar-refractivity contribution is 6.02. The molecule has 2 aliphatic heterocycles. The van der Waals surface area contributed by atoms with Crippen molar-refractivity contribution in [1.82, 2.24) is 10.2 Å². The molecule has 3 rings (SSSR count). The van der Waals surface area contributed by atoms with Crippen LogP contribution in [0.2, 0.25) is 0 Å². The van der Waals surface area contributed by atoms with Crippen LogP contribution in [0.1, 0.15) is 37.7 Å². The van der Waals surface area contributed by atoms with Crippen molar-refractivity contribution in [2.24, 2.45) is 0 Å². The lowest BCUT2D eigenvalue weighted by Crippen LogP contribution is -2.51. The number of imide groups is 1. The number of aryl methyl sites for hydroxylation is 1. The van der Waals surface area contributed by atoms with Crippen LogP contribution in [0, 0.1) is 0 Å². The van der Waals surface area contributed by atoms with E-state index in [1.165, 1.54) is 4.90 Å². The Bertz CT molecular complexity index is 838. The monoisotopic (exact) mass is 444 g/mol. The molecule has 1 aromatic carbocycles. The van der Waals surface area contributed by atoms with Crippen LogP contribution in [0.4, 0.5) is 11.4 Å². The number of piperidine rings is 2. The van der Waals surface area contributed by atoms with Crippen molar-refractivity contribution in [3.8, 4) is 0 Å². The van der Waals surface area contributed by atoms with Gasteiger partial charge in [0.15, 0.2) is 0 Å². The first kappa shape index (κ1) is 23.7. The number of likely N-dealkylation sites (N-methyl/N-ethyl adjacent to an activating group) is 1. The number of carbonyl (C=O) groups is 4. The summed E-state index contributed by atoms with van der Waals surface area (Å²) < 4.78 is 6.00. The molecule has 2 fully saturated rings. The third-order valence-corrected chi connectivity index (χ3v) is 6.24. The SMILES string of the molecule is CN(C=O)c1c(CCCOC2CCN(C=O)CC2)cccc1N(C)C1CCC(=O)NC1=O. The number of hydrogen-bond donors (Lipinski definition) is 1. The number of anilines is 2. The average Bonchev–Trinajstić information content (AvgIpc) is 2.81. The van der Waals surface area contributed by atoms with E-state index in [0.717, 1.165) is 68.5 Å². The second kappa shape index (κ2) is 11.1. The lowest BCUT2D eigenvalue weighted by Gasteiger charge is -2.34. The van der Waals surface area contributed by atoms with E-state index in [9.17, 15) is 19.2 Å². The Kier molecular flexibility index (Phi) is 8.21. The number of para-hydroxylation sites is 1. The standard InChI is InChI=1S/C23H32N4O5/c1-25(15-28)22-17(6-4-14-32-18-10-12-27(16-29)13-11-18)5-3-7-19(22)26(2)20-8-9-21(30)24-23(20)31/h3,5,7,15-16,18,20H,4,6,8-14H2,1-2H3,(H,24,30,31). The number of benzene rings is 1. The molecular formula is C23H32N4O5. The Hall–Kier alpha value is -2.94. The molecule has 9 heteroatoms. The lowest BCUT2D eigenvalue weighted by atomic mass is 10.0. The van der Waals surface area contributed by atoms with E-state index in [0.29, 0.717) is 19.4 Å². The molecule has 32 heavy (non-hydrogen) atoms. The second-order valence-electron chi connectivity index (χ2n) is 8.39. The summed E-state index contributed by atoms with van der Waals surface area (Å²) in [6.07, 6.45) is 5.77. The van der Waals surface area contributed by atoms with E-state index < -0.39 is 6.04 Å². The highest BCUT2D eigenvalue weighted by Crippen LogP contribution is 2.34. The van der Waals surface area contributed by atoms with Crippen molar-refractivity contribution in [3.63, 3.8) is 0 Å². The molecular weight excluding hydrogens is 412 g/mol. The number of hydrogen-bond acceptors (Lipinski definition) is 6. The van der Waals surface area contributed by atoms with Gasteiger partial charge in [0, 0.05) is 40.2 Å². The molecule has 9 nitrogen and oxygen atoms in total. The van der Waals surface area contributed by atoms with Gasteiger partial charge in [-0.3, -0.25) is 24.5 Å². The molecule has 4 amide bonds. The fourth-order valence-electron chi connectivity index (χ4n) is 4.40. The van der Waals surface area contributed by atoms with Crippen LogP contribution >= 0.6 is 0 Å². The first-order valence-electron chi connectivity index (χ1n) is 11.1. The van der Waals surface area contributed by atoms with Crippen LogP contribution in [-0.2, 0) is 30.3 Å². The van der Waals surface area contributed by atoms with Crippen molar-refractivity contribution in [3.05, 3.63) is 23.8 Å². The molecule has 2 saturated heterocycles. The molecule has 0 radical (unpaired) electrons. The highest BCUT2D eigenvalue weighted by Gasteiger charge is 2.31. The minimum Gasteiger partial charge on any atom is -0.378 e. The molecule has 0 aliphatic carbocycles. The van der Waals surface area contributed by atoms with E-state index >= 15 is 0 Å². The molecule has 1 atom stereocenters. The highest BCUT2D eigenvalue weighted by atomic mass is 16.5. The summed E-state index contributed by atoms with van der Waals surface area (Å²) in [6, 6.07) is 5.33. The molecule has 1 unspecified atom stereocenters. The van der Waals surface area contributed by atoms with Crippen molar-refractivity contribution in [2.45, 2.75) is 50.7 Å². The Labute approximate surface area is 188 Å². The topological polar surface area (TPSA) is 99.3 Å². The minimum atomic E-state index is -0.470. The van der Waals surface area contributed by atoms with Gasteiger partial charge < -0.3 is 19.4 Å². The molecule has 0 spiro atoms. The lowest BCUT2D eigenvalue weighted by molar-refractivity contribution is -0.134. The van der Waals surface area contributed by atoms with Crippen molar-refractivity contribution in [1.29, 1.82) is 0 Å². The van der Waals surface area contributed by atoms with Gasteiger partial charge in [0.25, 0.3) is 0 Å². The average molecular weight is 445 g/mol. The van der Waals surface area contributed by atoms with Gasteiger partial charge in [-0.1, -0.05) is 12.1 Å². The van der Waals surface area contributed by atoms with Crippen molar-refractivity contribution >= 4 is 36.0 Å². The smallest absolute Gasteiger partial charge is 0.249 e. The van der Waals surface area contributed by atoms with Crippen LogP contribution in [0.3, 0.4) is 0 Å². The molecule has 2 aliphatic rings. The van der Waals surface area contributed by atoms with Gasteiger partial charge >= 0.3 is 0 Å². The first-order valence-corrected chi connectivity index (χ1v) is 11.1. The Morgan fingerprint density at radius 3 is 2.56 bits per heavy atom. The van der Waals surface area contributed by atoms with Crippen molar-refractivity contribution in [2.75, 3.05) is 43.6 Å². The summed E-state index contributed by atoms with van der Waals surface area (Å²) in [4.78, 5) is 51.5.